The average Bonchev–Trinajstić information content (AvgIpc) is 3.36. The number of carbonyl (C=O) groups excluding carboxylic acids is 1. The lowest BCUT2D eigenvalue weighted by Crippen LogP contribution is -2.18. The summed E-state index contributed by atoms with van der Waals surface area (Å²) in [6.45, 7) is 0.471. The van der Waals surface area contributed by atoms with Crippen molar-refractivity contribution in [3.63, 3.8) is 0 Å². The van der Waals surface area contributed by atoms with Crippen molar-refractivity contribution in [2.45, 2.75) is 6.54 Å². The smallest absolute Gasteiger partial charge is 0.257 e. The summed E-state index contributed by atoms with van der Waals surface area (Å²) in [5.74, 6) is 1.11. The third-order valence-electron chi connectivity index (χ3n) is 5.44. The highest BCUT2D eigenvalue weighted by atomic mass is 16.5. The van der Waals surface area contributed by atoms with Crippen LogP contribution in [0.1, 0.15) is 16.1 Å². The van der Waals surface area contributed by atoms with E-state index in [0.717, 1.165) is 22.5 Å². The van der Waals surface area contributed by atoms with Gasteiger partial charge in [-0.3, -0.25) is 9.48 Å². The number of ether oxygens (including phenoxy) is 1. The number of pyridine rings is 1. The number of fused-ring (bicyclic) bond motifs is 1. The third-order valence-corrected chi connectivity index (χ3v) is 5.44. The Hall–Kier alpha value is -4.20. The van der Waals surface area contributed by atoms with E-state index in [9.17, 15) is 4.79 Å². The molecular weight excluding hydrogens is 404 g/mol. The number of carbonyl (C=O) groups is 1. The molecule has 0 spiro atoms. The highest BCUT2D eigenvalue weighted by Gasteiger charge is 2.30. The Morgan fingerprint density at radius 2 is 1.84 bits per heavy atom. The maximum absolute atomic E-state index is 12.9. The van der Waals surface area contributed by atoms with Gasteiger partial charge in [-0.05, 0) is 18.2 Å². The Morgan fingerprint density at radius 3 is 2.56 bits per heavy atom. The lowest BCUT2D eigenvalue weighted by atomic mass is 10.1. The van der Waals surface area contributed by atoms with Crippen molar-refractivity contribution >= 4 is 17.3 Å². The molecule has 0 radical (unpaired) electrons. The molecule has 8 nitrogen and oxygen atoms in total. The molecule has 3 heterocycles. The molecule has 0 unspecified atom stereocenters. The molecule has 0 saturated heterocycles. The van der Waals surface area contributed by atoms with Gasteiger partial charge in [-0.25, -0.2) is 9.97 Å². The molecule has 0 bridgehead atoms. The van der Waals surface area contributed by atoms with Gasteiger partial charge in [0.25, 0.3) is 5.91 Å². The van der Waals surface area contributed by atoms with E-state index in [1.165, 1.54) is 0 Å². The van der Waals surface area contributed by atoms with Gasteiger partial charge in [0.1, 0.15) is 6.33 Å². The van der Waals surface area contributed by atoms with Crippen LogP contribution in [0.3, 0.4) is 0 Å². The van der Waals surface area contributed by atoms with Gasteiger partial charge in [0.05, 0.1) is 47.5 Å². The van der Waals surface area contributed by atoms with Crippen LogP contribution in [-0.2, 0) is 13.6 Å². The Balaban J connectivity index is 1.63. The number of benzene rings is 2. The van der Waals surface area contributed by atoms with E-state index in [4.69, 9.17) is 9.72 Å². The standard InChI is InChI=1S/C24H22N6O2/c1-29-13-20-21(24(29)31)19(12-18(27-20)15-8-5-4-6-9-15)26-17-11-7-10-16(22(17)32-3)23-25-14-30(2)28-23/h4-12,14H,13H2,1-3H3,(H,26,27). The second kappa shape index (κ2) is 7.81. The first-order chi connectivity index (χ1) is 15.5. The monoisotopic (exact) mass is 426 g/mol. The molecule has 2 aromatic heterocycles. The van der Waals surface area contributed by atoms with E-state index < -0.39 is 0 Å². The van der Waals surface area contributed by atoms with Gasteiger partial charge >= 0.3 is 0 Å². The number of hydrogen-bond donors (Lipinski definition) is 1. The Bertz CT molecular complexity index is 1320. The molecule has 2 aromatic carbocycles. The van der Waals surface area contributed by atoms with E-state index >= 15 is 0 Å². The zero-order chi connectivity index (χ0) is 22.2. The van der Waals surface area contributed by atoms with Crippen LogP contribution in [0.25, 0.3) is 22.6 Å². The number of amides is 1. The number of methoxy groups -OCH3 is 1. The normalized spacial score (nSPS) is 12.7. The van der Waals surface area contributed by atoms with E-state index in [-0.39, 0.29) is 5.91 Å². The summed E-state index contributed by atoms with van der Waals surface area (Å²) < 4.78 is 7.38. The van der Waals surface area contributed by atoms with E-state index in [2.05, 4.69) is 15.4 Å². The van der Waals surface area contributed by atoms with Gasteiger partial charge in [0, 0.05) is 19.7 Å². The summed E-state index contributed by atoms with van der Waals surface area (Å²) in [7, 11) is 5.21. The molecule has 0 saturated carbocycles. The van der Waals surface area contributed by atoms with Crippen LogP contribution in [0.5, 0.6) is 5.75 Å². The fraction of sp³-hybridized carbons (Fsp3) is 0.167. The Morgan fingerprint density at radius 1 is 1.03 bits per heavy atom. The van der Waals surface area contributed by atoms with E-state index in [1.54, 1.807) is 30.1 Å². The molecule has 0 atom stereocenters. The molecule has 32 heavy (non-hydrogen) atoms. The molecule has 0 fully saturated rings. The molecule has 5 rings (SSSR count). The van der Waals surface area contributed by atoms with Crippen LogP contribution in [0.2, 0.25) is 0 Å². The van der Waals surface area contributed by atoms with Crippen LogP contribution in [0.15, 0.2) is 60.9 Å². The third kappa shape index (κ3) is 3.35. The topological polar surface area (TPSA) is 85.2 Å². The van der Waals surface area contributed by atoms with Crippen LogP contribution in [0.4, 0.5) is 11.4 Å². The summed E-state index contributed by atoms with van der Waals surface area (Å²) >= 11 is 0. The van der Waals surface area contributed by atoms with Gasteiger partial charge < -0.3 is 15.0 Å². The van der Waals surface area contributed by atoms with Crippen molar-refractivity contribution < 1.29 is 9.53 Å². The summed E-state index contributed by atoms with van der Waals surface area (Å²) in [5, 5.41) is 7.83. The molecule has 1 N–H and O–H groups in total. The molecule has 1 aliphatic rings. The van der Waals surface area contributed by atoms with Gasteiger partial charge in [-0.2, -0.15) is 5.10 Å². The van der Waals surface area contributed by atoms with Crippen molar-refractivity contribution in [2.24, 2.45) is 7.05 Å². The molecule has 0 aliphatic carbocycles. The first kappa shape index (κ1) is 19.7. The van der Waals surface area contributed by atoms with Crippen LogP contribution >= 0.6 is 0 Å². The number of para-hydroxylation sites is 1. The minimum absolute atomic E-state index is 0.0591. The zero-order valence-electron chi connectivity index (χ0n) is 18.0. The van der Waals surface area contributed by atoms with Crippen molar-refractivity contribution in [3.05, 3.63) is 72.2 Å². The maximum atomic E-state index is 12.9. The molecule has 8 heteroatoms. The first-order valence-corrected chi connectivity index (χ1v) is 10.2. The average molecular weight is 426 g/mol. The van der Waals surface area contributed by atoms with Crippen molar-refractivity contribution in [3.8, 4) is 28.4 Å². The molecule has 1 amide bonds. The fourth-order valence-electron chi connectivity index (χ4n) is 3.93. The lowest BCUT2D eigenvalue weighted by Gasteiger charge is -2.16. The quantitative estimate of drug-likeness (QED) is 0.521. The first-order valence-electron chi connectivity index (χ1n) is 10.2. The number of hydrogen-bond acceptors (Lipinski definition) is 6. The van der Waals surface area contributed by atoms with Gasteiger partial charge in [-0.1, -0.05) is 36.4 Å². The largest absolute Gasteiger partial charge is 0.494 e. The second-order valence-corrected chi connectivity index (χ2v) is 7.66. The Labute approximate surface area is 185 Å². The summed E-state index contributed by atoms with van der Waals surface area (Å²) in [6.07, 6.45) is 1.64. The van der Waals surface area contributed by atoms with Crippen molar-refractivity contribution in [1.82, 2.24) is 24.6 Å². The lowest BCUT2D eigenvalue weighted by molar-refractivity contribution is 0.0817. The number of rotatable bonds is 5. The number of nitrogens with zero attached hydrogens (tertiary/aromatic N) is 5. The predicted molar refractivity (Wildman–Crippen MR) is 122 cm³/mol. The van der Waals surface area contributed by atoms with Crippen LogP contribution < -0.4 is 10.1 Å². The molecule has 4 aromatic rings. The molecule has 1 aliphatic heterocycles. The van der Waals surface area contributed by atoms with Gasteiger partial charge in [-0.15, -0.1) is 0 Å². The highest BCUT2D eigenvalue weighted by molar-refractivity contribution is 6.04. The molecule has 160 valence electrons. The zero-order valence-corrected chi connectivity index (χ0v) is 18.0. The van der Waals surface area contributed by atoms with Crippen LogP contribution in [0, 0.1) is 0 Å². The van der Waals surface area contributed by atoms with E-state index in [1.807, 2.05) is 61.6 Å². The fourth-order valence-corrected chi connectivity index (χ4v) is 3.93. The minimum Gasteiger partial charge on any atom is -0.494 e. The highest BCUT2D eigenvalue weighted by Crippen LogP contribution is 2.39. The van der Waals surface area contributed by atoms with Gasteiger partial charge in [0.2, 0.25) is 0 Å². The van der Waals surface area contributed by atoms with Crippen molar-refractivity contribution in [1.29, 1.82) is 0 Å². The molecular formula is C24H22N6O2. The van der Waals surface area contributed by atoms with Crippen LogP contribution in [-0.4, -0.2) is 44.7 Å². The van der Waals surface area contributed by atoms with E-state index in [0.29, 0.717) is 35.1 Å². The second-order valence-electron chi connectivity index (χ2n) is 7.66. The van der Waals surface area contributed by atoms with Gasteiger partial charge in [0.15, 0.2) is 11.6 Å². The maximum Gasteiger partial charge on any atom is 0.257 e. The number of nitrogens with one attached hydrogen (secondary N) is 1. The SMILES string of the molecule is COc1c(Nc2cc(-c3ccccc3)nc3c2C(=O)N(C)C3)cccc1-c1ncn(C)n1. The number of aromatic nitrogens is 4. The minimum atomic E-state index is -0.0591. The summed E-state index contributed by atoms with van der Waals surface area (Å²) in [6, 6.07) is 17.6. The summed E-state index contributed by atoms with van der Waals surface area (Å²) in [4.78, 5) is 23.7. The number of aryl methyl sites for hydroxylation is 1. The number of anilines is 2. The van der Waals surface area contributed by atoms with Crippen molar-refractivity contribution in [2.75, 3.05) is 19.5 Å². The summed E-state index contributed by atoms with van der Waals surface area (Å²) in [5.41, 5.74) is 5.28. The Kier molecular flexibility index (Phi) is 4.82. The predicted octanol–water partition coefficient (Wildman–Crippen LogP) is 3.88.